The van der Waals surface area contributed by atoms with Gasteiger partial charge in [-0.15, -0.1) is 0 Å². The van der Waals surface area contributed by atoms with Crippen molar-refractivity contribution in [2.24, 2.45) is 0 Å². The van der Waals surface area contributed by atoms with Crippen molar-refractivity contribution in [2.45, 2.75) is 18.4 Å². The molecule has 168 valence electrons. The van der Waals surface area contributed by atoms with E-state index >= 15 is 0 Å². The van der Waals surface area contributed by atoms with Gasteiger partial charge in [0.1, 0.15) is 12.3 Å². The van der Waals surface area contributed by atoms with Crippen LogP contribution in [0.4, 0.5) is 5.69 Å². The Balaban J connectivity index is 1.84. The average molecular weight is 493 g/mol. The van der Waals surface area contributed by atoms with Gasteiger partial charge in [-0.2, -0.15) is 0 Å². The number of hydrogen-bond donors (Lipinski definition) is 1. The minimum absolute atomic E-state index is 0.0290. The molecule has 0 aromatic heterocycles. The van der Waals surface area contributed by atoms with E-state index in [1.54, 1.807) is 48.5 Å². The van der Waals surface area contributed by atoms with Crippen molar-refractivity contribution >= 4 is 44.8 Å². The Morgan fingerprint density at radius 2 is 1.47 bits per heavy atom. The van der Waals surface area contributed by atoms with Crippen LogP contribution in [0.5, 0.6) is 5.75 Å². The van der Waals surface area contributed by atoms with E-state index in [1.165, 1.54) is 24.3 Å². The van der Waals surface area contributed by atoms with Gasteiger partial charge in [-0.3, -0.25) is 9.10 Å². The predicted molar refractivity (Wildman–Crippen MR) is 127 cm³/mol. The first kappa shape index (κ1) is 23.9. The van der Waals surface area contributed by atoms with Gasteiger partial charge in [0.15, 0.2) is 0 Å². The highest BCUT2D eigenvalue weighted by atomic mass is 35.5. The number of nitrogens with zero attached hydrogens (tertiary/aromatic N) is 1. The predicted octanol–water partition coefficient (Wildman–Crippen LogP) is 4.90. The Morgan fingerprint density at radius 3 is 2.03 bits per heavy atom. The van der Waals surface area contributed by atoms with Crippen molar-refractivity contribution in [1.82, 2.24) is 5.32 Å². The number of carbonyl (C=O) groups excluding carboxylic acids is 1. The molecule has 0 heterocycles. The van der Waals surface area contributed by atoms with E-state index in [2.05, 4.69) is 5.32 Å². The van der Waals surface area contributed by atoms with Gasteiger partial charge in [-0.05, 0) is 73.2 Å². The Morgan fingerprint density at radius 1 is 0.906 bits per heavy atom. The molecular formula is C23H22Cl2N2O4S. The Kier molecular flexibility index (Phi) is 8.01. The zero-order valence-corrected chi connectivity index (χ0v) is 19.6. The molecule has 3 aromatic carbocycles. The Bertz CT molecular complexity index is 1150. The molecule has 0 radical (unpaired) electrons. The molecule has 0 bridgehead atoms. The third-order valence-corrected chi connectivity index (χ3v) is 6.82. The van der Waals surface area contributed by atoms with Gasteiger partial charge in [0.25, 0.3) is 10.0 Å². The molecule has 0 unspecified atom stereocenters. The number of anilines is 1. The molecule has 1 N–H and O–H groups in total. The number of halogens is 2. The van der Waals surface area contributed by atoms with Gasteiger partial charge in [-0.1, -0.05) is 35.3 Å². The van der Waals surface area contributed by atoms with Gasteiger partial charge in [0, 0.05) is 16.6 Å². The number of hydrogen-bond acceptors (Lipinski definition) is 4. The summed E-state index contributed by atoms with van der Waals surface area (Å²) < 4.78 is 33.2. The lowest BCUT2D eigenvalue weighted by molar-refractivity contribution is -0.119. The summed E-state index contributed by atoms with van der Waals surface area (Å²) in [5.41, 5.74) is 1.18. The number of sulfonamides is 1. The van der Waals surface area contributed by atoms with Gasteiger partial charge >= 0.3 is 0 Å². The lowest BCUT2D eigenvalue weighted by Crippen LogP contribution is -2.40. The summed E-state index contributed by atoms with van der Waals surface area (Å²) >= 11 is 11.8. The van der Waals surface area contributed by atoms with Crippen molar-refractivity contribution in [3.63, 3.8) is 0 Å². The lowest BCUT2D eigenvalue weighted by atomic mass is 10.2. The van der Waals surface area contributed by atoms with Crippen LogP contribution in [0.1, 0.15) is 12.5 Å². The topological polar surface area (TPSA) is 75.7 Å². The smallest absolute Gasteiger partial charge is 0.264 e. The fourth-order valence-corrected chi connectivity index (χ4v) is 4.59. The third kappa shape index (κ3) is 6.16. The maximum atomic E-state index is 13.4. The van der Waals surface area contributed by atoms with Crippen molar-refractivity contribution in [3.05, 3.63) is 88.4 Å². The van der Waals surface area contributed by atoms with Gasteiger partial charge < -0.3 is 10.1 Å². The van der Waals surface area contributed by atoms with E-state index in [1.807, 2.05) is 6.92 Å². The molecule has 3 aromatic rings. The van der Waals surface area contributed by atoms with Crippen LogP contribution in [0.2, 0.25) is 10.0 Å². The number of benzene rings is 3. The number of nitrogens with one attached hydrogen (secondary N) is 1. The molecule has 0 saturated heterocycles. The second-order valence-electron chi connectivity index (χ2n) is 6.80. The van der Waals surface area contributed by atoms with Crippen molar-refractivity contribution in [2.75, 3.05) is 17.5 Å². The molecule has 1 amide bonds. The van der Waals surface area contributed by atoms with Crippen LogP contribution in [0, 0.1) is 0 Å². The Labute approximate surface area is 197 Å². The van der Waals surface area contributed by atoms with E-state index in [-0.39, 0.29) is 11.4 Å². The minimum atomic E-state index is -4.02. The summed E-state index contributed by atoms with van der Waals surface area (Å²) in [6.07, 6.45) is 0. The first-order valence-corrected chi connectivity index (χ1v) is 12.0. The molecule has 6 nitrogen and oxygen atoms in total. The second-order valence-corrected chi connectivity index (χ2v) is 9.53. The summed E-state index contributed by atoms with van der Waals surface area (Å²) in [6.45, 7) is 2.19. The van der Waals surface area contributed by atoms with E-state index < -0.39 is 22.5 Å². The number of rotatable bonds is 9. The molecule has 3 rings (SSSR count). The normalized spacial score (nSPS) is 11.1. The van der Waals surface area contributed by atoms with Crippen LogP contribution in [0.25, 0.3) is 0 Å². The molecule has 32 heavy (non-hydrogen) atoms. The van der Waals surface area contributed by atoms with E-state index in [0.29, 0.717) is 28.1 Å². The summed E-state index contributed by atoms with van der Waals surface area (Å²) in [5, 5.41) is 3.76. The van der Waals surface area contributed by atoms with Gasteiger partial charge in [0.2, 0.25) is 5.91 Å². The Hall–Kier alpha value is -2.74. The van der Waals surface area contributed by atoms with Gasteiger partial charge in [-0.25, -0.2) is 8.42 Å². The molecule has 0 spiro atoms. The average Bonchev–Trinajstić information content (AvgIpc) is 2.78. The quantitative estimate of drug-likeness (QED) is 0.460. The standard InChI is InChI=1S/C23H22Cl2N2O4S/c1-2-31-21-11-9-20(10-12-21)27(32(29,30)22-13-7-19(25)8-14-22)16-23(28)26-15-17-3-5-18(24)6-4-17/h3-14H,2,15-16H2,1H3,(H,26,28). The summed E-state index contributed by atoms with van der Waals surface area (Å²) in [6, 6.07) is 19.3. The number of carbonyl (C=O) groups is 1. The second kappa shape index (κ2) is 10.7. The van der Waals surface area contributed by atoms with Crippen LogP contribution >= 0.6 is 23.2 Å². The maximum Gasteiger partial charge on any atom is 0.264 e. The summed E-state index contributed by atoms with van der Waals surface area (Å²) in [4.78, 5) is 12.7. The van der Waals surface area contributed by atoms with Crippen LogP contribution in [-0.4, -0.2) is 27.5 Å². The van der Waals surface area contributed by atoms with Crippen molar-refractivity contribution in [3.8, 4) is 5.75 Å². The molecule has 0 atom stereocenters. The summed E-state index contributed by atoms with van der Waals surface area (Å²) in [5.74, 6) is 0.152. The number of ether oxygens (including phenoxy) is 1. The molecule has 9 heteroatoms. The van der Waals surface area contributed by atoms with Crippen LogP contribution < -0.4 is 14.4 Å². The molecule has 0 fully saturated rings. The maximum absolute atomic E-state index is 13.4. The fourth-order valence-electron chi connectivity index (χ4n) is 2.91. The SMILES string of the molecule is CCOc1ccc(N(CC(=O)NCc2ccc(Cl)cc2)S(=O)(=O)c2ccc(Cl)cc2)cc1. The largest absolute Gasteiger partial charge is 0.494 e. The van der Waals surface area contributed by atoms with Crippen LogP contribution in [-0.2, 0) is 21.4 Å². The fraction of sp³-hybridized carbons (Fsp3) is 0.174. The highest BCUT2D eigenvalue weighted by Crippen LogP contribution is 2.26. The van der Waals surface area contributed by atoms with Crippen LogP contribution in [0.3, 0.4) is 0 Å². The first-order chi connectivity index (χ1) is 15.3. The molecule has 0 aliphatic heterocycles. The minimum Gasteiger partial charge on any atom is -0.494 e. The third-order valence-electron chi connectivity index (χ3n) is 4.53. The summed E-state index contributed by atoms with van der Waals surface area (Å²) in [7, 11) is -4.02. The molecular weight excluding hydrogens is 471 g/mol. The molecule has 0 aliphatic carbocycles. The highest BCUT2D eigenvalue weighted by molar-refractivity contribution is 7.92. The lowest BCUT2D eigenvalue weighted by Gasteiger charge is -2.24. The molecule has 0 aliphatic rings. The first-order valence-electron chi connectivity index (χ1n) is 9.82. The monoisotopic (exact) mass is 492 g/mol. The zero-order valence-electron chi connectivity index (χ0n) is 17.3. The number of amides is 1. The zero-order chi connectivity index (χ0) is 23.1. The van der Waals surface area contributed by atoms with Gasteiger partial charge in [0.05, 0.1) is 17.2 Å². The van der Waals surface area contributed by atoms with E-state index in [9.17, 15) is 13.2 Å². The van der Waals surface area contributed by atoms with Crippen LogP contribution in [0.15, 0.2) is 77.7 Å². The van der Waals surface area contributed by atoms with E-state index in [4.69, 9.17) is 27.9 Å². The van der Waals surface area contributed by atoms with Crippen molar-refractivity contribution in [1.29, 1.82) is 0 Å². The van der Waals surface area contributed by atoms with E-state index in [0.717, 1.165) is 9.87 Å². The van der Waals surface area contributed by atoms with Crippen molar-refractivity contribution < 1.29 is 17.9 Å². The molecule has 0 saturated carbocycles. The highest BCUT2D eigenvalue weighted by Gasteiger charge is 2.27.